The number of amides is 1. The molecule has 1 aliphatic rings. The molecule has 1 amide bonds. The minimum absolute atomic E-state index is 0.0980. The summed E-state index contributed by atoms with van der Waals surface area (Å²) in [6.45, 7) is 1.36. The number of hydrogen-bond acceptors (Lipinski definition) is 6. The number of fused-ring (bicyclic) bond motifs is 1. The van der Waals surface area contributed by atoms with E-state index >= 15 is 0 Å². The van der Waals surface area contributed by atoms with Gasteiger partial charge >= 0.3 is 0 Å². The van der Waals surface area contributed by atoms with Gasteiger partial charge in [0.05, 0.1) is 30.6 Å². The van der Waals surface area contributed by atoms with Crippen molar-refractivity contribution in [3.8, 4) is 11.8 Å². The summed E-state index contributed by atoms with van der Waals surface area (Å²) in [7, 11) is 0. The van der Waals surface area contributed by atoms with Crippen LogP contribution in [-0.2, 0) is 17.8 Å². The van der Waals surface area contributed by atoms with Gasteiger partial charge in [0, 0.05) is 24.9 Å². The monoisotopic (exact) mass is 450 g/mol. The van der Waals surface area contributed by atoms with Crippen LogP contribution in [0.4, 0.5) is 0 Å². The molecule has 7 nitrogen and oxygen atoms in total. The van der Waals surface area contributed by atoms with Crippen molar-refractivity contribution in [1.82, 2.24) is 14.5 Å². The number of hydrogen-bond donors (Lipinski definition) is 2. The Kier molecular flexibility index (Phi) is 6.70. The number of nitrogens with two attached hydrogens (primary N) is 1. The van der Waals surface area contributed by atoms with Crippen molar-refractivity contribution in [1.29, 1.82) is 0 Å². The zero-order valence-corrected chi connectivity index (χ0v) is 18.6. The highest BCUT2D eigenvalue weighted by Crippen LogP contribution is 2.25. The number of carbonyl (C=O) groups is 1. The Morgan fingerprint density at radius 3 is 2.72 bits per heavy atom. The van der Waals surface area contributed by atoms with Gasteiger partial charge in [-0.3, -0.25) is 14.2 Å². The smallest absolute Gasteiger partial charge is 0.271 e. The number of aliphatic hydroxyl groups is 1. The number of likely N-dealkylation sites (tertiary alicyclic amines) is 1. The molecule has 1 aromatic carbocycles. The molecule has 4 rings (SSSR count). The highest BCUT2D eigenvalue weighted by Gasteiger charge is 2.34. The Balaban J connectivity index is 1.38. The fourth-order valence-corrected chi connectivity index (χ4v) is 4.89. The van der Waals surface area contributed by atoms with Gasteiger partial charge in [0.1, 0.15) is 10.2 Å². The molecule has 1 fully saturated rings. The van der Waals surface area contributed by atoms with E-state index in [1.807, 2.05) is 35.2 Å². The van der Waals surface area contributed by atoms with Crippen LogP contribution in [0.1, 0.15) is 30.4 Å². The van der Waals surface area contributed by atoms with E-state index in [1.54, 1.807) is 5.38 Å². The summed E-state index contributed by atoms with van der Waals surface area (Å²) in [6, 6.07) is 9.94. The number of benzene rings is 1. The van der Waals surface area contributed by atoms with Crippen molar-refractivity contribution < 1.29 is 9.90 Å². The minimum Gasteiger partial charge on any atom is -0.388 e. The third-order valence-electron chi connectivity index (χ3n) is 5.85. The first kappa shape index (κ1) is 22.2. The molecular formula is C24H26N4O3S. The number of aryl methyl sites for hydroxylation is 1. The Bertz CT molecular complexity index is 1210. The summed E-state index contributed by atoms with van der Waals surface area (Å²) in [5.41, 5.74) is 6.60. The summed E-state index contributed by atoms with van der Waals surface area (Å²) in [5, 5.41) is 12.9. The van der Waals surface area contributed by atoms with Crippen LogP contribution >= 0.6 is 11.3 Å². The van der Waals surface area contributed by atoms with Crippen LogP contribution < -0.4 is 11.3 Å². The van der Waals surface area contributed by atoms with E-state index in [-0.39, 0.29) is 24.6 Å². The van der Waals surface area contributed by atoms with Crippen LogP contribution in [0, 0.1) is 11.8 Å². The second-order valence-corrected chi connectivity index (χ2v) is 8.98. The highest BCUT2D eigenvalue weighted by atomic mass is 32.1. The van der Waals surface area contributed by atoms with Crippen LogP contribution in [0.3, 0.4) is 0 Å². The zero-order chi connectivity index (χ0) is 22.6. The van der Waals surface area contributed by atoms with E-state index < -0.39 is 5.60 Å². The van der Waals surface area contributed by atoms with E-state index in [2.05, 4.69) is 16.8 Å². The van der Waals surface area contributed by atoms with Crippen molar-refractivity contribution in [3.63, 3.8) is 0 Å². The second kappa shape index (κ2) is 9.65. The molecular weight excluding hydrogens is 424 g/mol. The Labute approximate surface area is 190 Å². The normalized spacial score (nSPS) is 15.4. The molecule has 0 spiro atoms. The van der Waals surface area contributed by atoms with Crippen LogP contribution in [0.5, 0.6) is 0 Å². The quantitative estimate of drug-likeness (QED) is 0.577. The van der Waals surface area contributed by atoms with Crippen LogP contribution in [0.2, 0.25) is 0 Å². The van der Waals surface area contributed by atoms with Crippen molar-refractivity contribution in [2.24, 2.45) is 5.73 Å². The number of carbonyl (C=O) groups excluding carboxylic acids is 1. The Morgan fingerprint density at radius 1 is 1.25 bits per heavy atom. The van der Waals surface area contributed by atoms with Gasteiger partial charge in [-0.05, 0) is 24.8 Å². The van der Waals surface area contributed by atoms with Crippen LogP contribution in [0.15, 0.2) is 46.8 Å². The molecule has 0 atom stereocenters. The summed E-state index contributed by atoms with van der Waals surface area (Å²) >= 11 is 1.30. The number of nitrogens with zero attached hydrogens (tertiary/aromatic N) is 3. The lowest BCUT2D eigenvalue weighted by Crippen LogP contribution is -2.49. The summed E-state index contributed by atoms with van der Waals surface area (Å²) in [6.07, 6.45) is 3.48. The average Bonchev–Trinajstić information content (AvgIpc) is 3.23. The standard InChI is InChI=1S/C24H26N4O3S/c25-12-4-7-19-15-32-22-21(19)26-17-28(23(22)30)16-24(31)10-13-27(14-11-24)20(29)9-8-18-5-2-1-3-6-18/h1-3,5-6,15,17,31H,8-14,16,25H2. The molecule has 166 valence electrons. The maximum atomic E-state index is 12.9. The first-order chi connectivity index (χ1) is 15.5. The maximum absolute atomic E-state index is 12.9. The molecule has 32 heavy (non-hydrogen) atoms. The van der Waals surface area contributed by atoms with Crippen molar-refractivity contribution in [2.75, 3.05) is 19.6 Å². The number of rotatable bonds is 5. The fraction of sp³-hybridized carbons (Fsp3) is 0.375. The molecule has 3 N–H and O–H groups in total. The molecule has 0 unspecified atom stereocenters. The molecule has 0 bridgehead atoms. The predicted molar refractivity (Wildman–Crippen MR) is 125 cm³/mol. The highest BCUT2D eigenvalue weighted by molar-refractivity contribution is 7.17. The number of thiophene rings is 1. The second-order valence-electron chi connectivity index (χ2n) is 8.10. The third kappa shape index (κ3) is 4.91. The van der Waals surface area contributed by atoms with E-state index in [0.717, 1.165) is 5.56 Å². The topological polar surface area (TPSA) is 101 Å². The van der Waals surface area contributed by atoms with Crippen LogP contribution in [-0.4, -0.2) is 50.7 Å². The van der Waals surface area contributed by atoms with Gasteiger partial charge in [-0.2, -0.15) is 0 Å². The molecule has 1 saturated heterocycles. The Hall–Kier alpha value is -2.99. The molecule has 3 heterocycles. The zero-order valence-electron chi connectivity index (χ0n) is 17.8. The first-order valence-electron chi connectivity index (χ1n) is 10.7. The van der Waals surface area contributed by atoms with E-state index in [1.165, 1.54) is 22.2 Å². The van der Waals surface area contributed by atoms with Gasteiger partial charge in [-0.25, -0.2) is 4.98 Å². The van der Waals surface area contributed by atoms with Gasteiger partial charge in [-0.15, -0.1) is 11.3 Å². The average molecular weight is 451 g/mol. The number of aromatic nitrogens is 2. The molecule has 0 aliphatic carbocycles. The molecule has 0 saturated carbocycles. The SMILES string of the molecule is NCC#Cc1csc2c(=O)n(CC3(O)CCN(C(=O)CCc4ccccc4)CC3)cnc12. The van der Waals surface area contributed by atoms with Gasteiger partial charge in [0.25, 0.3) is 5.56 Å². The van der Waals surface area contributed by atoms with Crippen LogP contribution in [0.25, 0.3) is 10.2 Å². The number of piperidine rings is 1. The fourth-order valence-electron chi connectivity index (χ4n) is 3.99. The largest absolute Gasteiger partial charge is 0.388 e. The van der Waals surface area contributed by atoms with Gasteiger partial charge in [0.2, 0.25) is 5.91 Å². The lowest BCUT2D eigenvalue weighted by molar-refractivity contribution is -0.135. The van der Waals surface area contributed by atoms with Gasteiger partial charge in [-0.1, -0.05) is 42.2 Å². The van der Waals surface area contributed by atoms with E-state index in [0.29, 0.717) is 54.6 Å². The molecule has 2 aromatic heterocycles. The van der Waals surface area contributed by atoms with Crippen molar-refractivity contribution in [3.05, 3.63) is 63.5 Å². The molecule has 8 heteroatoms. The van der Waals surface area contributed by atoms with E-state index in [4.69, 9.17) is 5.73 Å². The predicted octanol–water partition coefficient (Wildman–Crippen LogP) is 1.75. The van der Waals surface area contributed by atoms with Crippen molar-refractivity contribution >= 4 is 27.5 Å². The minimum atomic E-state index is -1.05. The summed E-state index contributed by atoms with van der Waals surface area (Å²) in [5.74, 6) is 5.82. The first-order valence-corrected chi connectivity index (χ1v) is 11.6. The summed E-state index contributed by atoms with van der Waals surface area (Å²) < 4.78 is 1.98. The van der Waals surface area contributed by atoms with Gasteiger partial charge < -0.3 is 15.7 Å². The van der Waals surface area contributed by atoms with Gasteiger partial charge in [0.15, 0.2) is 0 Å². The molecule has 0 radical (unpaired) electrons. The molecule has 1 aliphatic heterocycles. The van der Waals surface area contributed by atoms with Crippen molar-refractivity contribution in [2.45, 2.75) is 37.8 Å². The Morgan fingerprint density at radius 2 is 2.00 bits per heavy atom. The maximum Gasteiger partial charge on any atom is 0.271 e. The lowest BCUT2D eigenvalue weighted by atomic mass is 9.91. The lowest BCUT2D eigenvalue weighted by Gasteiger charge is -2.38. The van der Waals surface area contributed by atoms with E-state index in [9.17, 15) is 14.7 Å². The third-order valence-corrected chi connectivity index (χ3v) is 6.81. The molecule has 3 aromatic rings. The summed E-state index contributed by atoms with van der Waals surface area (Å²) in [4.78, 5) is 31.7.